The minimum atomic E-state index is -4.05. The first-order chi connectivity index (χ1) is 20.2. The van der Waals surface area contributed by atoms with Gasteiger partial charge in [-0.1, -0.05) is 0 Å². The van der Waals surface area contributed by atoms with E-state index in [1.54, 1.807) is 24.3 Å². The number of rotatable bonds is 10. The predicted molar refractivity (Wildman–Crippen MR) is 155 cm³/mol. The second-order valence-corrected chi connectivity index (χ2v) is 13.0. The lowest BCUT2D eigenvalue weighted by Crippen LogP contribution is -2.35. The lowest BCUT2D eigenvalue weighted by molar-refractivity contribution is -0.131. The van der Waals surface area contributed by atoms with Gasteiger partial charge in [0, 0.05) is 29.0 Å². The fourth-order valence-electron chi connectivity index (χ4n) is 4.12. The normalized spacial score (nSPS) is 14.0. The van der Waals surface area contributed by atoms with Crippen molar-refractivity contribution in [3.8, 4) is 23.0 Å². The summed E-state index contributed by atoms with van der Waals surface area (Å²) in [6.45, 7) is 0. The number of fused-ring (bicyclic) bond motifs is 1. The minimum absolute atomic E-state index is 0.231. The van der Waals surface area contributed by atoms with E-state index in [2.05, 4.69) is 15.6 Å². The molecule has 0 spiro atoms. The summed E-state index contributed by atoms with van der Waals surface area (Å²) in [7, 11) is -8.07. The van der Waals surface area contributed by atoms with E-state index in [-0.39, 0.29) is 22.8 Å². The van der Waals surface area contributed by atoms with Crippen molar-refractivity contribution in [1.82, 2.24) is 4.98 Å². The first kappa shape index (κ1) is 29.7. The van der Waals surface area contributed by atoms with Crippen LogP contribution in [-0.2, 0) is 29.8 Å². The standard InChI is InChI=1S/C28H24FN3O9S2/c1-42(35,36)40-24-15-21-22(16-25(24)41-43(2,37)38)30-14-11-23(21)39-20-9-7-19(8-10-20)32-27(34)28(12-13-28)26(33)31-18-5-3-17(29)4-6-18/h3-11,14-16H,12-13H2,1-2H3,(H,31,33)(H,32,34). The van der Waals surface area contributed by atoms with Gasteiger partial charge in [-0.2, -0.15) is 16.8 Å². The second kappa shape index (κ2) is 11.1. The molecule has 1 saturated carbocycles. The van der Waals surface area contributed by atoms with Crippen molar-refractivity contribution in [3.63, 3.8) is 0 Å². The molecule has 0 aliphatic heterocycles. The smallest absolute Gasteiger partial charge is 0.306 e. The summed E-state index contributed by atoms with van der Waals surface area (Å²) in [5.41, 5.74) is -0.214. The maximum atomic E-state index is 13.2. The van der Waals surface area contributed by atoms with E-state index in [4.69, 9.17) is 13.1 Å². The van der Waals surface area contributed by atoms with Crippen molar-refractivity contribution < 1.29 is 43.9 Å². The largest absolute Gasteiger partial charge is 0.457 e. The number of nitrogens with zero attached hydrogens (tertiary/aromatic N) is 1. The third kappa shape index (κ3) is 7.18. The monoisotopic (exact) mass is 629 g/mol. The van der Waals surface area contributed by atoms with Crippen LogP contribution in [0.15, 0.2) is 72.9 Å². The van der Waals surface area contributed by atoms with Crippen LogP contribution in [0.4, 0.5) is 15.8 Å². The maximum Gasteiger partial charge on any atom is 0.306 e. The fraction of sp³-hybridized carbons (Fsp3) is 0.179. The molecule has 43 heavy (non-hydrogen) atoms. The minimum Gasteiger partial charge on any atom is -0.457 e. The van der Waals surface area contributed by atoms with Crippen molar-refractivity contribution >= 4 is 54.3 Å². The van der Waals surface area contributed by atoms with Gasteiger partial charge in [0.05, 0.1) is 18.0 Å². The van der Waals surface area contributed by atoms with Gasteiger partial charge in [-0.25, -0.2) is 4.39 Å². The molecule has 1 fully saturated rings. The zero-order valence-corrected chi connectivity index (χ0v) is 24.3. The molecule has 0 atom stereocenters. The van der Waals surface area contributed by atoms with Gasteiger partial charge < -0.3 is 23.7 Å². The molecule has 3 aromatic carbocycles. The van der Waals surface area contributed by atoms with Crippen molar-refractivity contribution in [2.24, 2.45) is 5.41 Å². The average Bonchev–Trinajstić information content (AvgIpc) is 3.73. The molecule has 2 amide bonds. The third-order valence-electron chi connectivity index (χ3n) is 6.31. The van der Waals surface area contributed by atoms with E-state index in [0.717, 1.165) is 12.5 Å². The Morgan fingerprint density at radius 2 is 1.28 bits per heavy atom. The van der Waals surface area contributed by atoms with Crippen LogP contribution < -0.4 is 23.7 Å². The Balaban J connectivity index is 1.32. The molecular formula is C28H24FN3O9S2. The van der Waals surface area contributed by atoms with Gasteiger partial charge in [0.15, 0.2) is 11.5 Å². The predicted octanol–water partition coefficient (Wildman–Crippen LogP) is 4.20. The Hall–Kier alpha value is -4.76. The Morgan fingerprint density at radius 1 is 0.767 bits per heavy atom. The van der Waals surface area contributed by atoms with Gasteiger partial charge in [0.2, 0.25) is 11.8 Å². The molecule has 5 rings (SSSR count). The molecule has 224 valence electrons. The van der Waals surface area contributed by atoms with Crippen LogP contribution in [0, 0.1) is 11.2 Å². The van der Waals surface area contributed by atoms with E-state index in [1.807, 2.05) is 0 Å². The third-order valence-corrected chi connectivity index (χ3v) is 7.28. The number of amides is 2. The van der Waals surface area contributed by atoms with Gasteiger partial charge in [-0.05, 0) is 73.5 Å². The summed E-state index contributed by atoms with van der Waals surface area (Å²) < 4.78 is 76.0. The molecule has 0 radical (unpaired) electrons. The molecule has 2 N–H and O–H groups in total. The Kier molecular flexibility index (Phi) is 7.70. The highest BCUT2D eigenvalue weighted by Crippen LogP contribution is 2.47. The molecule has 15 heteroatoms. The number of pyridine rings is 1. The van der Waals surface area contributed by atoms with E-state index in [9.17, 15) is 30.8 Å². The number of carbonyl (C=O) groups excluding carboxylic acids is 2. The van der Waals surface area contributed by atoms with Crippen LogP contribution in [0.5, 0.6) is 23.0 Å². The first-order valence-electron chi connectivity index (χ1n) is 12.6. The van der Waals surface area contributed by atoms with E-state index in [1.165, 1.54) is 48.7 Å². The lowest BCUT2D eigenvalue weighted by atomic mass is 10.0. The van der Waals surface area contributed by atoms with E-state index < -0.39 is 43.3 Å². The van der Waals surface area contributed by atoms with Crippen LogP contribution >= 0.6 is 0 Å². The summed E-state index contributed by atoms with van der Waals surface area (Å²) in [4.78, 5) is 29.9. The van der Waals surface area contributed by atoms with E-state index >= 15 is 0 Å². The Bertz CT molecular complexity index is 1940. The zero-order valence-electron chi connectivity index (χ0n) is 22.7. The van der Waals surface area contributed by atoms with Crippen molar-refractivity contribution in [3.05, 3.63) is 78.7 Å². The van der Waals surface area contributed by atoms with Crippen molar-refractivity contribution in [1.29, 1.82) is 0 Å². The Labute approximate surface area is 246 Å². The van der Waals surface area contributed by atoms with Crippen molar-refractivity contribution in [2.45, 2.75) is 12.8 Å². The van der Waals surface area contributed by atoms with Crippen LogP contribution in [0.2, 0.25) is 0 Å². The summed E-state index contributed by atoms with van der Waals surface area (Å²) >= 11 is 0. The average molecular weight is 630 g/mol. The highest BCUT2D eigenvalue weighted by Gasteiger charge is 2.56. The first-order valence-corrected chi connectivity index (χ1v) is 16.2. The highest BCUT2D eigenvalue weighted by molar-refractivity contribution is 7.86. The summed E-state index contributed by atoms with van der Waals surface area (Å²) in [6, 6.07) is 15.5. The number of aromatic nitrogens is 1. The zero-order chi connectivity index (χ0) is 31.0. The number of hydrogen-bond acceptors (Lipinski definition) is 10. The number of anilines is 2. The van der Waals surface area contributed by atoms with Gasteiger partial charge in [0.25, 0.3) is 0 Å². The van der Waals surface area contributed by atoms with Gasteiger partial charge >= 0.3 is 20.2 Å². The lowest BCUT2D eigenvalue weighted by Gasteiger charge is -2.16. The topological polar surface area (TPSA) is 167 Å². The highest BCUT2D eigenvalue weighted by atomic mass is 32.2. The van der Waals surface area contributed by atoms with Crippen LogP contribution in [-0.4, -0.2) is 46.1 Å². The SMILES string of the molecule is CS(=O)(=O)Oc1cc2nccc(Oc3ccc(NC(=O)C4(C(=O)Nc5ccc(F)cc5)CC4)cc3)c2cc1OS(C)(=O)=O. The molecule has 1 aromatic heterocycles. The molecule has 4 aromatic rings. The molecule has 12 nitrogen and oxygen atoms in total. The van der Waals surface area contributed by atoms with Crippen LogP contribution in [0.25, 0.3) is 10.9 Å². The number of halogens is 1. The summed E-state index contributed by atoms with van der Waals surface area (Å²) in [5.74, 6) is -1.58. The van der Waals surface area contributed by atoms with Gasteiger partial charge in [-0.3, -0.25) is 14.6 Å². The molecule has 1 aliphatic carbocycles. The van der Waals surface area contributed by atoms with Gasteiger partial charge in [0.1, 0.15) is 22.7 Å². The second-order valence-electron chi connectivity index (χ2n) is 9.82. The van der Waals surface area contributed by atoms with Crippen LogP contribution in [0.3, 0.4) is 0 Å². The van der Waals surface area contributed by atoms with Gasteiger partial charge in [-0.15, -0.1) is 0 Å². The molecule has 0 bridgehead atoms. The number of benzene rings is 3. The molecule has 1 heterocycles. The van der Waals surface area contributed by atoms with Crippen molar-refractivity contribution in [2.75, 3.05) is 23.1 Å². The van der Waals surface area contributed by atoms with Crippen LogP contribution in [0.1, 0.15) is 12.8 Å². The summed E-state index contributed by atoms with van der Waals surface area (Å²) in [5, 5.41) is 5.68. The molecule has 0 unspecified atom stereocenters. The number of ether oxygens (including phenoxy) is 1. The number of carbonyl (C=O) groups is 2. The van der Waals surface area contributed by atoms with E-state index in [0.29, 0.717) is 35.4 Å². The quantitative estimate of drug-likeness (QED) is 0.192. The fourth-order valence-corrected chi connectivity index (χ4v) is 5.04. The molecule has 0 saturated heterocycles. The number of hydrogen-bond donors (Lipinski definition) is 2. The molecular weight excluding hydrogens is 605 g/mol. The number of nitrogens with one attached hydrogen (secondary N) is 2. The Morgan fingerprint density at radius 3 is 1.79 bits per heavy atom. The summed E-state index contributed by atoms with van der Waals surface area (Å²) in [6.07, 6.45) is 3.73. The molecule has 1 aliphatic rings. The maximum absolute atomic E-state index is 13.2.